The molecule has 2 aromatic carbocycles. The second kappa shape index (κ2) is 9.28. The van der Waals surface area contributed by atoms with E-state index in [9.17, 15) is 14.7 Å². The van der Waals surface area contributed by atoms with Crippen molar-refractivity contribution in [2.45, 2.75) is 57.4 Å². The monoisotopic (exact) mass is 473 g/mol. The molecule has 3 aromatic rings. The number of phenolic OH excluding ortho intramolecular Hbond substituents is 1. The van der Waals surface area contributed by atoms with E-state index in [2.05, 4.69) is 36.5 Å². The lowest BCUT2D eigenvalue weighted by molar-refractivity contribution is -0.115. The fourth-order valence-corrected chi connectivity index (χ4v) is 4.96. The summed E-state index contributed by atoms with van der Waals surface area (Å²) >= 11 is 0. The van der Waals surface area contributed by atoms with Crippen molar-refractivity contribution in [2.24, 2.45) is 5.10 Å². The van der Waals surface area contributed by atoms with Gasteiger partial charge >= 0.3 is 0 Å². The standard InChI is InChI=1S/C25H27N7O3/c1-13-9-10-16(11-14(13)2)20-23(34)21(25(35)26-20)28-27-19-8-4-7-18(22(19)33)15-5-3-6-17(12-15)24-29-31-32-30-24/h4,7-11,15,17,20,27,33H,3,5-6,12H2,1-2H3,(H,26,35)(H,29,30,31,32)/b28-21-. The van der Waals surface area contributed by atoms with Gasteiger partial charge < -0.3 is 10.4 Å². The number of aromatic hydroxyl groups is 1. The average Bonchev–Trinajstić information content (AvgIpc) is 3.49. The van der Waals surface area contributed by atoms with E-state index in [4.69, 9.17) is 0 Å². The van der Waals surface area contributed by atoms with Crippen molar-refractivity contribution in [3.8, 4) is 5.75 Å². The van der Waals surface area contributed by atoms with E-state index in [1.807, 2.05) is 44.2 Å². The number of carbonyl (C=O) groups is 2. The van der Waals surface area contributed by atoms with Crippen molar-refractivity contribution in [2.75, 3.05) is 5.43 Å². The number of tetrazole rings is 1. The summed E-state index contributed by atoms with van der Waals surface area (Å²) in [6, 6.07) is 10.3. The summed E-state index contributed by atoms with van der Waals surface area (Å²) in [6.45, 7) is 3.95. The van der Waals surface area contributed by atoms with Crippen molar-refractivity contribution in [1.29, 1.82) is 0 Å². The lowest BCUT2D eigenvalue weighted by Gasteiger charge is -2.28. The number of ketones is 1. The molecule has 4 N–H and O–H groups in total. The molecular weight excluding hydrogens is 446 g/mol. The van der Waals surface area contributed by atoms with Crippen molar-refractivity contribution >= 4 is 23.1 Å². The zero-order chi connectivity index (χ0) is 24.5. The minimum absolute atomic E-state index is 0.0646. The van der Waals surface area contributed by atoms with E-state index >= 15 is 0 Å². The summed E-state index contributed by atoms with van der Waals surface area (Å²) < 4.78 is 0. The Hall–Kier alpha value is -4.08. The SMILES string of the molecule is Cc1ccc(C2NC(=O)/C(=N\Nc3cccc(C4CCCC(c5nnn[nH]5)C4)c3O)C2=O)cc1C. The first-order valence-electron chi connectivity index (χ1n) is 11.7. The molecule has 1 saturated carbocycles. The number of nitrogens with zero attached hydrogens (tertiary/aromatic N) is 4. The van der Waals surface area contributed by atoms with Gasteiger partial charge in [0, 0.05) is 5.92 Å². The molecule has 1 amide bonds. The predicted octanol–water partition coefficient (Wildman–Crippen LogP) is 3.17. The molecule has 0 spiro atoms. The molecule has 10 nitrogen and oxygen atoms in total. The lowest BCUT2D eigenvalue weighted by atomic mass is 9.77. The van der Waals surface area contributed by atoms with Crippen LogP contribution < -0.4 is 10.7 Å². The highest BCUT2D eigenvalue weighted by molar-refractivity contribution is 6.69. The number of H-pyrrole nitrogens is 1. The third kappa shape index (κ3) is 4.39. The molecule has 5 rings (SSSR count). The first kappa shape index (κ1) is 22.7. The third-order valence-electron chi connectivity index (χ3n) is 7.07. The number of hydrazone groups is 1. The second-order valence-electron chi connectivity index (χ2n) is 9.28. The normalized spacial score (nSPS) is 23.5. The molecular formula is C25H27N7O3. The summed E-state index contributed by atoms with van der Waals surface area (Å²) in [6.07, 6.45) is 3.71. The van der Waals surface area contributed by atoms with Crippen molar-refractivity contribution < 1.29 is 14.7 Å². The second-order valence-corrected chi connectivity index (χ2v) is 9.28. The fourth-order valence-electron chi connectivity index (χ4n) is 4.96. The van der Waals surface area contributed by atoms with Crippen LogP contribution >= 0.6 is 0 Å². The van der Waals surface area contributed by atoms with Gasteiger partial charge in [-0.05, 0) is 77.8 Å². The number of benzene rings is 2. The Labute approximate surface area is 202 Å². The van der Waals surface area contributed by atoms with Crippen LogP contribution in [0.2, 0.25) is 0 Å². The highest BCUT2D eigenvalue weighted by Gasteiger charge is 2.39. The van der Waals surface area contributed by atoms with Crippen LogP contribution in [0.1, 0.15) is 71.6 Å². The number of amides is 1. The summed E-state index contributed by atoms with van der Waals surface area (Å²) in [5, 5.41) is 32.0. The molecule has 3 atom stereocenters. The molecule has 1 saturated heterocycles. The van der Waals surface area contributed by atoms with Crippen LogP contribution in [0.5, 0.6) is 5.75 Å². The van der Waals surface area contributed by atoms with Gasteiger partial charge in [-0.1, -0.05) is 36.8 Å². The summed E-state index contributed by atoms with van der Waals surface area (Å²) in [4.78, 5) is 25.5. The molecule has 1 aliphatic heterocycles. The molecule has 2 heterocycles. The number of hydrogen-bond donors (Lipinski definition) is 4. The maximum atomic E-state index is 12.9. The average molecular weight is 474 g/mol. The number of para-hydroxylation sites is 1. The van der Waals surface area contributed by atoms with E-state index < -0.39 is 17.7 Å². The van der Waals surface area contributed by atoms with Crippen molar-refractivity contribution in [1.82, 2.24) is 25.9 Å². The van der Waals surface area contributed by atoms with Gasteiger partial charge in [-0.3, -0.25) is 15.0 Å². The summed E-state index contributed by atoms with van der Waals surface area (Å²) in [5.74, 6) is 0.198. The van der Waals surface area contributed by atoms with Gasteiger partial charge in [0.1, 0.15) is 11.8 Å². The van der Waals surface area contributed by atoms with Crippen LogP contribution in [0.3, 0.4) is 0 Å². The zero-order valence-electron chi connectivity index (χ0n) is 19.6. The molecule has 1 aromatic heterocycles. The van der Waals surface area contributed by atoms with Crippen LogP contribution in [0, 0.1) is 13.8 Å². The maximum Gasteiger partial charge on any atom is 0.276 e. The number of phenols is 1. The Balaban J connectivity index is 1.34. The van der Waals surface area contributed by atoms with Gasteiger partial charge in [-0.15, -0.1) is 5.10 Å². The van der Waals surface area contributed by atoms with E-state index in [0.717, 1.165) is 53.8 Å². The van der Waals surface area contributed by atoms with E-state index in [1.54, 1.807) is 6.07 Å². The van der Waals surface area contributed by atoms with Gasteiger partial charge in [0.25, 0.3) is 5.91 Å². The Kier molecular flexibility index (Phi) is 6.02. The predicted molar refractivity (Wildman–Crippen MR) is 129 cm³/mol. The van der Waals surface area contributed by atoms with Crippen LogP contribution in [0.4, 0.5) is 5.69 Å². The highest BCUT2D eigenvalue weighted by atomic mass is 16.3. The molecule has 180 valence electrons. The van der Waals surface area contributed by atoms with Gasteiger partial charge in [0.05, 0.1) is 5.69 Å². The molecule has 2 fully saturated rings. The van der Waals surface area contributed by atoms with Crippen LogP contribution in [-0.2, 0) is 9.59 Å². The molecule has 10 heteroatoms. The number of nitrogens with one attached hydrogen (secondary N) is 3. The first-order chi connectivity index (χ1) is 16.9. The quantitative estimate of drug-likeness (QED) is 0.329. The Bertz CT molecular complexity index is 1300. The third-order valence-corrected chi connectivity index (χ3v) is 7.07. The summed E-state index contributed by atoms with van der Waals surface area (Å²) in [7, 11) is 0. The topological polar surface area (TPSA) is 145 Å². The van der Waals surface area contributed by atoms with E-state index in [0.29, 0.717) is 5.69 Å². The van der Waals surface area contributed by atoms with Gasteiger partial charge in [-0.2, -0.15) is 5.10 Å². The van der Waals surface area contributed by atoms with Gasteiger partial charge in [0.15, 0.2) is 11.5 Å². The Morgan fingerprint density at radius 3 is 2.69 bits per heavy atom. The number of aromatic amines is 1. The van der Waals surface area contributed by atoms with Gasteiger partial charge in [0.2, 0.25) is 5.78 Å². The number of anilines is 1. The van der Waals surface area contributed by atoms with E-state index in [1.165, 1.54) is 0 Å². The van der Waals surface area contributed by atoms with E-state index in [-0.39, 0.29) is 23.3 Å². The number of aryl methyl sites for hydroxylation is 2. The van der Waals surface area contributed by atoms with Crippen LogP contribution in [0.25, 0.3) is 0 Å². The number of carbonyl (C=O) groups excluding carboxylic acids is 2. The molecule has 1 aliphatic carbocycles. The smallest absolute Gasteiger partial charge is 0.276 e. The maximum absolute atomic E-state index is 12.9. The highest BCUT2D eigenvalue weighted by Crippen LogP contribution is 2.44. The number of hydrogen-bond acceptors (Lipinski definition) is 8. The number of rotatable bonds is 5. The molecule has 2 aliphatic rings. The molecule has 35 heavy (non-hydrogen) atoms. The van der Waals surface area contributed by atoms with Crippen molar-refractivity contribution in [3.63, 3.8) is 0 Å². The minimum atomic E-state index is -0.771. The van der Waals surface area contributed by atoms with Gasteiger partial charge in [-0.25, -0.2) is 5.10 Å². The zero-order valence-corrected chi connectivity index (χ0v) is 19.6. The largest absolute Gasteiger partial charge is 0.505 e. The van der Waals surface area contributed by atoms with Crippen LogP contribution in [-0.4, -0.2) is 43.1 Å². The Morgan fingerprint density at radius 2 is 1.91 bits per heavy atom. The van der Waals surface area contributed by atoms with Crippen LogP contribution in [0.15, 0.2) is 41.5 Å². The summed E-state index contributed by atoms with van der Waals surface area (Å²) in [5.41, 5.74) is 6.53. The molecule has 0 radical (unpaired) electrons. The fraction of sp³-hybridized carbons (Fsp3) is 0.360. The number of aromatic nitrogens is 4. The Morgan fingerprint density at radius 1 is 1.09 bits per heavy atom. The number of Topliss-reactive ketones (excluding diaryl/α,β-unsaturated/α-hetero) is 1. The first-order valence-corrected chi connectivity index (χ1v) is 11.7. The van der Waals surface area contributed by atoms with Crippen molar-refractivity contribution in [3.05, 3.63) is 64.5 Å². The molecule has 0 bridgehead atoms. The molecule has 3 unspecified atom stereocenters. The lowest BCUT2D eigenvalue weighted by Crippen LogP contribution is -2.22. The minimum Gasteiger partial charge on any atom is -0.505 e.